The summed E-state index contributed by atoms with van der Waals surface area (Å²) in [6.45, 7) is 7.54. The van der Waals surface area contributed by atoms with E-state index in [1.54, 1.807) is 6.92 Å². The molecule has 4 heteroatoms. The molecule has 0 amide bonds. The number of anilines is 1. The lowest BCUT2D eigenvalue weighted by Gasteiger charge is -1.98. The highest BCUT2D eigenvalue weighted by Crippen LogP contribution is 2.09. The van der Waals surface area contributed by atoms with Gasteiger partial charge in [-0.1, -0.05) is 6.07 Å². The molecule has 0 atom stereocenters. The number of Topliss-reactive ketones (excluding diaryl/α,β-unsaturated/α-hetero) is 1. The lowest BCUT2D eigenvalue weighted by Crippen LogP contribution is -2.07. The van der Waals surface area contributed by atoms with Crippen LogP contribution in [0.2, 0.25) is 0 Å². The topological polar surface area (TPSA) is 69.4 Å². The minimum atomic E-state index is -0.440. The van der Waals surface area contributed by atoms with Gasteiger partial charge in [-0.2, -0.15) is 0 Å². The molecule has 1 aromatic rings. The summed E-state index contributed by atoms with van der Waals surface area (Å²) >= 11 is 0. The van der Waals surface area contributed by atoms with Crippen molar-refractivity contribution < 1.29 is 14.3 Å². The van der Waals surface area contributed by atoms with Crippen LogP contribution in [0.5, 0.6) is 0 Å². The van der Waals surface area contributed by atoms with Crippen LogP contribution in [0.4, 0.5) is 5.69 Å². The van der Waals surface area contributed by atoms with Crippen molar-refractivity contribution in [3.63, 3.8) is 0 Å². The van der Waals surface area contributed by atoms with Gasteiger partial charge in [0, 0.05) is 5.69 Å². The number of benzene rings is 1. The number of esters is 1. The van der Waals surface area contributed by atoms with Crippen molar-refractivity contribution in [1.29, 1.82) is 0 Å². The van der Waals surface area contributed by atoms with Gasteiger partial charge in [-0.3, -0.25) is 9.59 Å². The highest BCUT2D eigenvalue weighted by Gasteiger charge is 2.03. The Balaban J connectivity index is 0.000000321. The van der Waals surface area contributed by atoms with Crippen LogP contribution < -0.4 is 5.73 Å². The molecule has 0 radical (unpaired) electrons. The van der Waals surface area contributed by atoms with Gasteiger partial charge in [0.1, 0.15) is 12.2 Å². The number of hydrogen-bond acceptors (Lipinski definition) is 4. The van der Waals surface area contributed by atoms with Crippen LogP contribution >= 0.6 is 0 Å². The first-order chi connectivity index (χ1) is 8.36. The standard InChI is InChI=1S/C8H11N.C6H10O3/c1-6-3-4-8(9)5-7(6)2;1-3-9-6(8)4-5(2)7/h3-5H,9H2,1-2H3;3-4H2,1-2H3. The number of nitrogens with two attached hydrogens (primary N) is 1. The maximum atomic E-state index is 10.4. The van der Waals surface area contributed by atoms with E-state index in [9.17, 15) is 9.59 Å². The van der Waals surface area contributed by atoms with Crippen LogP contribution in [0.3, 0.4) is 0 Å². The smallest absolute Gasteiger partial charge is 0.313 e. The first-order valence-electron chi connectivity index (χ1n) is 5.84. The first kappa shape index (κ1) is 16.2. The van der Waals surface area contributed by atoms with Crippen molar-refractivity contribution in [3.8, 4) is 0 Å². The van der Waals surface area contributed by atoms with Crippen molar-refractivity contribution in [3.05, 3.63) is 29.3 Å². The molecule has 4 nitrogen and oxygen atoms in total. The predicted molar refractivity (Wildman–Crippen MR) is 72.3 cm³/mol. The van der Waals surface area contributed by atoms with Crippen LogP contribution in [0.15, 0.2) is 18.2 Å². The van der Waals surface area contributed by atoms with E-state index >= 15 is 0 Å². The van der Waals surface area contributed by atoms with E-state index < -0.39 is 5.97 Å². The number of hydrogen-bond donors (Lipinski definition) is 1. The maximum Gasteiger partial charge on any atom is 0.313 e. The average Bonchev–Trinajstić information content (AvgIpc) is 2.24. The normalized spacial score (nSPS) is 9.11. The Hall–Kier alpha value is -1.84. The minimum absolute atomic E-state index is 0.103. The molecule has 0 unspecified atom stereocenters. The summed E-state index contributed by atoms with van der Waals surface area (Å²) in [5, 5.41) is 0. The average molecular weight is 251 g/mol. The largest absolute Gasteiger partial charge is 0.466 e. The Morgan fingerprint density at radius 2 is 1.83 bits per heavy atom. The lowest BCUT2D eigenvalue weighted by molar-refractivity contribution is -0.145. The molecule has 0 saturated carbocycles. The molecule has 2 N–H and O–H groups in total. The third-order valence-corrected chi connectivity index (χ3v) is 2.23. The molecule has 0 aliphatic heterocycles. The van der Waals surface area contributed by atoms with Gasteiger partial charge in [0.15, 0.2) is 0 Å². The van der Waals surface area contributed by atoms with E-state index in [-0.39, 0.29) is 12.2 Å². The number of nitrogen functional groups attached to an aromatic ring is 1. The van der Waals surface area contributed by atoms with Crippen LogP contribution in [0, 0.1) is 13.8 Å². The monoisotopic (exact) mass is 251 g/mol. The van der Waals surface area contributed by atoms with E-state index in [1.165, 1.54) is 18.1 Å². The SMILES string of the molecule is CCOC(=O)CC(C)=O.Cc1ccc(N)cc1C. The van der Waals surface area contributed by atoms with Crippen molar-refractivity contribution in [1.82, 2.24) is 0 Å². The molecule has 0 aliphatic carbocycles. The summed E-state index contributed by atoms with van der Waals surface area (Å²) in [5.41, 5.74) is 8.93. The quantitative estimate of drug-likeness (QED) is 0.509. The fourth-order valence-corrected chi connectivity index (χ4v) is 1.18. The van der Waals surface area contributed by atoms with Gasteiger partial charge in [-0.15, -0.1) is 0 Å². The minimum Gasteiger partial charge on any atom is -0.466 e. The van der Waals surface area contributed by atoms with Gasteiger partial charge in [0.05, 0.1) is 6.61 Å². The van der Waals surface area contributed by atoms with Crippen molar-refractivity contribution >= 4 is 17.4 Å². The summed E-state index contributed by atoms with van der Waals surface area (Å²) in [6.07, 6.45) is -0.103. The zero-order valence-corrected chi connectivity index (χ0v) is 11.4. The van der Waals surface area contributed by atoms with E-state index in [2.05, 4.69) is 18.6 Å². The van der Waals surface area contributed by atoms with E-state index in [0.29, 0.717) is 6.61 Å². The zero-order chi connectivity index (χ0) is 14.1. The fraction of sp³-hybridized carbons (Fsp3) is 0.429. The maximum absolute atomic E-state index is 10.4. The van der Waals surface area contributed by atoms with Gasteiger partial charge < -0.3 is 10.5 Å². The molecular formula is C14H21NO3. The highest BCUT2D eigenvalue weighted by atomic mass is 16.5. The number of aryl methyl sites for hydroxylation is 2. The Labute approximate surface area is 108 Å². The summed E-state index contributed by atoms with van der Waals surface area (Å²) in [7, 11) is 0. The summed E-state index contributed by atoms with van der Waals surface area (Å²) in [5.74, 6) is -0.599. The van der Waals surface area contributed by atoms with E-state index in [4.69, 9.17) is 5.73 Å². The molecular weight excluding hydrogens is 230 g/mol. The third-order valence-electron chi connectivity index (χ3n) is 2.23. The lowest BCUT2D eigenvalue weighted by atomic mass is 10.1. The van der Waals surface area contributed by atoms with Gasteiger partial charge in [-0.05, 0) is 51.0 Å². The summed E-state index contributed by atoms with van der Waals surface area (Å²) in [6, 6.07) is 5.93. The molecule has 0 fully saturated rings. The van der Waals surface area contributed by atoms with E-state index in [0.717, 1.165) is 5.69 Å². The van der Waals surface area contributed by atoms with Gasteiger partial charge in [0.2, 0.25) is 0 Å². The summed E-state index contributed by atoms with van der Waals surface area (Å²) in [4.78, 5) is 20.6. The Kier molecular flexibility index (Phi) is 7.43. The number of ether oxygens (including phenoxy) is 1. The molecule has 0 saturated heterocycles. The highest BCUT2D eigenvalue weighted by molar-refractivity contribution is 5.94. The van der Waals surface area contributed by atoms with Gasteiger partial charge in [-0.25, -0.2) is 0 Å². The van der Waals surface area contributed by atoms with Crippen LogP contribution in [0.1, 0.15) is 31.4 Å². The number of carbonyl (C=O) groups excluding carboxylic acids is 2. The fourth-order valence-electron chi connectivity index (χ4n) is 1.18. The molecule has 1 rings (SSSR count). The zero-order valence-electron chi connectivity index (χ0n) is 11.4. The number of ketones is 1. The van der Waals surface area contributed by atoms with Gasteiger partial charge >= 0.3 is 5.97 Å². The van der Waals surface area contributed by atoms with Crippen LogP contribution in [-0.2, 0) is 14.3 Å². The third kappa shape index (κ3) is 7.44. The Morgan fingerprint density at radius 3 is 2.22 bits per heavy atom. The molecule has 0 aliphatic rings. The van der Waals surface area contributed by atoms with Crippen molar-refractivity contribution in [2.45, 2.75) is 34.1 Å². The number of carbonyl (C=O) groups is 2. The predicted octanol–water partition coefficient (Wildman–Crippen LogP) is 2.41. The van der Waals surface area contributed by atoms with Crippen molar-refractivity contribution in [2.75, 3.05) is 12.3 Å². The second-order valence-electron chi connectivity index (χ2n) is 4.03. The second kappa shape index (κ2) is 8.28. The Morgan fingerprint density at radius 1 is 1.22 bits per heavy atom. The van der Waals surface area contributed by atoms with Crippen LogP contribution in [-0.4, -0.2) is 18.4 Å². The van der Waals surface area contributed by atoms with Crippen molar-refractivity contribution in [2.24, 2.45) is 0 Å². The molecule has 0 heterocycles. The molecule has 18 heavy (non-hydrogen) atoms. The van der Waals surface area contributed by atoms with E-state index in [1.807, 2.05) is 18.2 Å². The summed E-state index contributed by atoms with van der Waals surface area (Å²) < 4.78 is 4.49. The second-order valence-corrected chi connectivity index (χ2v) is 4.03. The molecule has 1 aromatic carbocycles. The first-order valence-corrected chi connectivity index (χ1v) is 5.84. The molecule has 100 valence electrons. The molecule has 0 aromatic heterocycles. The van der Waals surface area contributed by atoms with Gasteiger partial charge in [0.25, 0.3) is 0 Å². The Bertz CT molecular complexity index is 414. The molecule has 0 spiro atoms. The molecule has 0 bridgehead atoms. The van der Waals surface area contributed by atoms with Crippen LogP contribution in [0.25, 0.3) is 0 Å². The number of rotatable bonds is 3.